The summed E-state index contributed by atoms with van der Waals surface area (Å²) >= 11 is 1.94. The molecule has 0 amide bonds. The molecule has 2 rings (SSSR count). The lowest BCUT2D eigenvalue weighted by molar-refractivity contribution is 0.368. The van der Waals surface area contributed by atoms with Crippen molar-refractivity contribution in [3.63, 3.8) is 0 Å². The Labute approximate surface area is 100 Å². The minimum Gasteiger partial charge on any atom is -0.339 e. The first-order chi connectivity index (χ1) is 7.90. The number of aryl methyl sites for hydroxylation is 1. The molecule has 90 valence electrons. The summed E-state index contributed by atoms with van der Waals surface area (Å²) in [6, 6.07) is 0. The molecule has 1 unspecified atom stereocenters. The molecule has 0 aromatic carbocycles. The smallest absolute Gasteiger partial charge is 0.226 e. The summed E-state index contributed by atoms with van der Waals surface area (Å²) < 4.78 is 5.25. The van der Waals surface area contributed by atoms with E-state index in [0.29, 0.717) is 5.25 Å². The maximum atomic E-state index is 5.44. The van der Waals surface area contributed by atoms with E-state index in [1.54, 1.807) is 0 Å². The van der Waals surface area contributed by atoms with Crippen molar-refractivity contribution in [3.8, 4) is 0 Å². The van der Waals surface area contributed by atoms with Crippen LogP contribution in [-0.4, -0.2) is 22.4 Å². The van der Waals surface area contributed by atoms with Gasteiger partial charge in [-0.3, -0.25) is 0 Å². The minimum atomic E-state index is 0.474. The number of thioether (sulfide) groups is 1. The van der Waals surface area contributed by atoms with Crippen molar-refractivity contribution in [1.82, 2.24) is 10.1 Å². The molecule has 0 aliphatic carbocycles. The Kier molecular flexibility index (Phi) is 4.66. The lowest BCUT2D eigenvalue weighted by Gasteiger charge is -1.99. The zero-order valence-electron chi connectivity index (χ0n) is 9.52. The number of unbranched alkanes of at least 4 members (excludes halogenated alkanes) is 2. The van der Waals surface area contributed by atoms with E-state index in [-0.39, 0.29) is 0 Å². The van der Waals surface area contributed by atoms with Crippen LogP contribution in [-0.2, 0) is 6.42 Å². The summed E-state index contributed by atoms with van der Waals surface area (Å²) in [6.07, 6.45) is 6.68. The van der Waals surface area contributed by atoms with Gasteiger partial charge in [-0.1, -0.05) is 11.6 Å². The van der Waals surface area contributed by atoms with Gasteiger partial charge in [-0.2, -0.15) is 16.7 Å². The highest BCUT2D eigenvalue weighted by Gasteiger charge is 2.22. The Morgan fingerprint density at radius 1 is 1.38 bits per heavy atom. The predicted molar refractivity (Wildman–Crippen MR) is 65.3 cm³/mol. The molecular formula is C11H19N3OS. The van der Waals surface area contributed by atoms with Crippen molar-refractivity contribution in [1.29, 1.82) is 0 Å². The van der Waals surface area contributed by atoms with Crippen LogP contribution in [0.15, 0.2) is 4.52 Å². The molecule has 2 heterocycles. The van der Waals surface area contributed by atoms with Gasteiger partial charge in [-0.15, -0.1) is 0 Å². The third-order valence-corrected chi connectivity index (χ3v) is 4.17. The maximum absolute atomic E-state index is 5.44. The molecule has 2 N–H and O–H groups in total. The van der Waals surface area contributed by atoms with Crippen LogP contribution in [0, 0.1) is 0 Å². The van der Waals surface area contributed by atoms with E-state index in [0.717, 1.165) is 43.9 Å². The fraction of sp³-hybridized carbons (Fsp3) is 0.818. The number of hydrogen-bond acceptors (Lipinski definition) is 5. The molecule has 1 atom stereocenters. The van der Waals surface area contributed by atoms with Gasteiger partial charge < -0.3 is 10.3 Å². The van der Waals surface area contributed by atoms with Crippen molar-refractivity contribution in [3.05, 3.63) is 11.7 Å². The lowest BCUT2D eigenvalue weighted by Crippen LogP contribution is -1.98. The summed E-state index contributed by atoms with van der Waals surface area (Å²) in [5.41, 5.74) is 5.44. The average Bonchev–Trinajstić information content (AvgIpc) is 2.94. The third kappa shape index (κ3) is 3.22. The summed E-state index contributed by atoms with van der Waals surface area (Å²) in [7, 11) is 0. The Bertz CT molecular complexity index is 310. The monoisotopic (exact) mass is 241 g/mol. The minimum absolute atomic E-state index is 0.474. The number of nitrogens with zero attached hydrogens (tertiary/aromatic N) is 2. The van der Waals surface area contributed by atoms with Crippen molar-refractivity contribution in [2.24, 2.45) is 5.73 Å². The molecule has 0 saturated carbocycles. The third-order valence-electron chi connectivity index (χ3n) is 2.80. The van der Waals surface area contributed by atoms with Crippen LogP contribution in [0.4, 0.5) is 0 Å². The van der Waals surface area contributed by atoms with Crippen LogP contribution in [0.2, 0.25) is 0 Å². The first-order valence-electron chi connectivity index (χ1n) is 6.04. The summed E-state index contributed by atoms with van der Waals surface area (Å²) in [6.45, 7) is 0.772. The van der Waals surface area contributed by atoms with Crippen LogP contribution in [0.25, 0.3) is 0 Å². The van der Waals surface area contributed by atoms with Gasteiger partial charge in [0.25, 0.3) is 0 Å². The van der Waals surface area contributed by atoms with Crippen molar-refractivity contribution in [2.45, 2.75) is 43.8 Å². The molecule has 16 heavy (non-hydrogen) atoms. The molecule has 1 aromatic heterocycles. The highest BCUT2D eigenvalue weighted by Crippen LogP contribution is 2.38. The van der Waals surface area contributed by atoms with Gasteiger partial charge in [0.1, 0.15) is 0 Å². The highest BCUT2D eigenvalue weighted by molar-refractivity contribution is 7.99. The summed E-state index contributed by atoms with van der Waals surface area (Å²) in [4.78, 5) is 4.46. The Balaban J connectivity index is 1.77. The predicted octanol–water partition coefficient (Wildman–Crippen LogP) is 2.31. The van der Waals surface area contributed by atoms with Gasteiger partial charge in [0.2, 0.25) is 5.89 Å². The molecule has 0 bridgehead atoms. The van der Waals surface area contributed by atoms with Gasteiger partial charge in [-0.25, -0.2) is 0 Å². The van der Waals surface area contributed by atoms with Crippen LogP contribution < -0.4 is 5.73 Å². The number of aromatic nitrogens is 2. The van der Waals surface area contributed by atoms with E-state index >= 15 is 0 Å². The Hall–Kier alpha value is -0.550. The number of rotatable bonds is 6. The quantitative estimate of drug-likeness (QED) is 0.774. The fourth-order valence-corrected chi connectivity index (χ4v) is 3.07. The SMILES string of the molecule is NCCCCCc1nc(C2CCCS2)no1. The van der Waals surface area contributed by atoms with E-state index in [2.05, 4.69) is 10.1 Å². The molecule has 1 saturated heterocycles. The average molecular weight is 241 g/mol. The van der Waals surface area contributed by atoms with E-state index < -0.39 is 0 Å². The van der Waals surface area contributed by atoms with Crippen molar-refractivity contribution >= 4 is 11.8 Å². The van der Waals surface area contributed by atoms with Crippen molar-refractivity contribution < 1.29 is 4.52 Å². The van der Waals surface area contributed by atoms with Gasteiger partial charge >= 0.3 is 0 Å². The lowest BCUT2D eigenvalue weighted by atomic mass is 10.2. The zero-order chi connectivity index (χ0) is 11.2. The topological polar surface area (TPSA) is 64.9 Å². The largest absolute Gasteiger partial charge is 0.339 e. The molecule has 1 aromatic rings. The first-order valence-corrected chi connectivity index (χ1v) is 7.09. The van der Waals surface area contributed by atoms with Crippen LogP contribution in [0.5, 0.6) is 0 Å². The standard InChI is InChI=1S/C11H19N3OS/c12-7-3-1-2-6-10-13-11(14-15-10)9-5-4-8-16-9/h9H,1-8,12H2. The van der Waals surface area contributed by atoms with Crippen molar-refractivity contribution in [2.75, 3.05) is 12.3 Å². The van der Waals surface area contributed by atoms with Gasteiger partial charge in [-0.05, 0) is 38.0 Å². The number of nitrogens with two attached hydrogens (primary N) is 1. The molecule has 5 heteroatoms. The molecule has 0 spiro atoms. The first kappa shape index (κ1) is 11.9. The van der Waals surface area contributed by atoms with Crippen LogP contribution in [0.3, 0.4) is 0 Å². The molecule has 1 aliphatic rings. The van der Waals surface area contributed by atoms with E-state index in [1.165, 1.54) is 18.6 Å². The normalized spacial score (nSPS) is 20.4. The van der Waals surface area contributed by atoms with E-state index in [1.807, 2.05) is 11.8 Å². The van der Waals surface area contributed by atoms with Crippen LogP contribution in [0.1, 0.15) is 49.1 Å². The van der Waals surface area contributed by atoms with Gasteiger partial charge in [0.15, 0.2) is 5.82 Å². The molecule has 1 fully saturated rings. The Morgan fingerprint density at radius 3 is 3.06 bits per heavy atom. The summed E-state index contributed by atoms with van der Waals surface area (Å²) in [5.74, 6) is 2.92. The second-order valence-electron chi connectivity index (χ2n) is 4.15. The molecule has 1 aliphatic heterocycles. The van der Waals surface area contributed by atoms with Crippen LogP contribution >= 0.6 is 11.8 Å². The summed E-state index contributed by atoms with van der Waals surface area (Å²) in [5, 5.41) is 4.54. The number of hydrogen-bond donors (Lipinski definition) is 1. The van der Waals surface area contributed by atoms with Gasteiger partial charge in [0.05, 0.1) is 5.25 Å². The fourth-order valence-electron chi connectivity index (χ4n) is 1.88. The molecule has 4 nitrogen and oxygen atoms in total. The van der Waals surface area contributed by atoms with Gasteiger partial charge in [0, 0.05) is 6.42 Å². The maximum Gasteiger partial charge on any atom is 0.226 e. The Morgan fingerprint density at radius 2 is 2.31 bits per heavy atom. The second kappa shape index (κ2) is 6.25. The second-order valence-corrected chi connectivity index (χ2v) is 5.46. The van der Waals surface area contributed by atoms with E-state index in [4.69, 9.17) is 10.3 Å². The van der Waals surface area contributed by atoms with E-state index in [9.17, 15) is 0 Å². The molecule has 0 radical (unpaired) electrons. The molecular weight excluding hydrogens is 222 g/mol. The highest BCUT2D eigenvalue weighted by atomic mass is 32.2. The zero-order valence-corrected chi connectivity index (χ0v) is 10.3.